The molecule has 0 aliphatic heterocycles. The molecule has 0 heterocycles. The van der Waals surface area contributed by atoms with Crippen LogP contribution in [0.15, 0.2) is 48.5 Å². The summed E-state index contributed by atoms with van der Waals surface area (Å²) in [6, 6.07) is 16.2. The Morgan fingerprint density at radius 2 is 1.37 bits per heavy atom. The minimum Gasteiger partial charge on any atom is -0.0843 e. The van der Waals surface area contributed by atoms with E-state index in [1.54, 1.807) is 0 Å². The Hall–Kier alpha value is -0.980. The number of hydrogen-bond acceptors (Lipinski definition) is 0. The van der Waals surface area contributed by atoms with Gasteiger partial charge in [-0.25, -0.2) is 0 Å². The molecule has 2 aromatic rings. The SMILES string of the molecule is CC[C@@H](C)C(c1cccc(Cl)c1)c1cccc(Cl)c1. The summed E-state index contributed by atoms with van der Waals surface area (Å²) in [6.07, 6.45) is 1.11. The van der Waals surface area contributed by atoms with E-state index in [0.29, 0.717) is 11.8 Å². The van der Waals surface area contributed by atoms with Crippen LogP contribution in [0.25, 0.3) is 0 Å². The lowest BCUT2D eigenvalue weighted by Crippen LogP contribution is -2.10. The first-order valence-corrected chi connectivity index (χ1v) is 7.38. The van der Waals surface area contributed by atoms with E-state index in [1.165, 1.54) is 11.1 Å². The highest BCUT2D eigenvalue weighted by molar-refractivity contribution is 6.31. The zero-order valence-electron chi connectivity index (χ0n) is 11.2. The van der Waals surface area contributed by atoms with Crippen LogP contribution in [0.4, 0.5) is 0 Å². The zero-order chi connectivity index (χ0) is 13.8. The molecule has 0 aromatic heterocycles. The van der Waals surface area contributed by atoms with E-state index in [9.17, 15) is 0 Å². The quantitative estimate of drug-likeness (QED) is 0.632. The summed E-state index contributed by atoms with van der Waals surface area (Å²) in [6.45, 7) is 4.49. The summed E-state index contributed by atoms with van der Waals surface area (Å²) in [5.74, 6) is 0.874. The second kappa shape index (κ2) is 6.45. The van der Waals surface area contributed by atoms with Crippen LogP contribution in [-0.4, -0.2) is 0 Å². The van der Waals surface area contributed by atoms with Crippen molar-refractivity contribution in [1.82, 2.24) is 0 Å². The van der Waals surface area contributed by atoms with Gasteiger partial charge in [-0.1, -0.05) is 67.7 Å². The highest BCUT2D eigenvalue weighted by atomic mass is 35.5. The fourth-order valence-electron chi connectivity index (χ4n) is 2.49. The average molecular weight is 293 g/mol. The molecule has 2 aromatic carbocycles. The topological polar surface area (TPSA) is 0 Å². The van der Waals surface area contributed by atoms with Crippen molar-refractivity contribution >= 4 is 23.2 Å². The molecule has 0 saturated carbocycles. The number of benzene rings is 2. The maximum Gasteiger partial charge on any atom is 0.0408 e. The van der Waals surface area contributed by atoms with Crippen molar-refractivity contribution in [2.45, 2.75) is 26.2 Å². The first kappa shape index (κ1) is 14.4. The van der Waals surface area contributed by atoms with Gasteiger partial charge in [-0.2, -0.15) is 0 Å². The van der Waals surface area contributed by atoms with Crippen molar-refractivity contribution in [1.29, 1.82) is 0 Å². The maximum atomic E-state index is 6.13. The van der Waals surface area contributed by atoms with Gasteiger partial charge in [0.15, 0.2) is 0 Å². The van der Waals surface area contributed by atoms with E-state index in [1.807, 2.05) is 24.3 Å². The Kier molecular flexibility index (Phi) is 4.90. The van der Waals surface area contributed by atoms with Gasteiger partial charge in [0, 0.05) is 16.0 Å². The second-order valence-corrected chi connectivity index (χ2v) is 5.85. The Balaban J connectivity index is 2.47. The molecule has 0 spiro atoms. The Morgan fingerprint density at radius 1 is 0.895 bits per heavy atom. The van der Waals surface area contributed by atoms with Crippen molar-refractivity contribution in [3.05, 3.63) is 69.7 Å². The van der Waals surface area contributed by atoms with Crippen LogP contribution >= 0.6 is 23.2 Å². The highest BCUT2D eigenvalue weighted by Gasteiger charge is 2.20. The van der Waals surface area contributed by atoms with E-state index in [0.717, 1.165) is 16.5 Å². The Bertz CT molecular complexity index is 503. The second-order valence-electron chi connectivity index (χ2n) is 4.97. The molecule has 2 rings (SSSR count). The average Bonchev–Trinajstić information content (AvgIpc) is 2.39. The summed E-state index contributed by atoms with van der Waals surface area (Å²) < 4.78 is 0. The molecule has 0 aliphatic rings. The number of hydrogen-bond donors (Lipinski definition) is 0. The molecule has 0 bridgehead atoms. The zero-order valence-corrected chi connectivity index (χ0v) is 12.7. The van der Waals surface area contributed by atoms with Gasteiger partial charge in [0.05, 0.1) is 0 Å². The summed E-state index contributed by atoms with van der Waals surface area (Å²) in [7, 11) is 0. The van der Waals surface area contributed by atoms with E-state index >= 15 is 0 Å². The van der Waals surface area contributed by atoms with E-state index in [2.05, 4.69) is 38.1 Å². The molecule has 0 radical (unpaired) electrons. The van der Waals surface area contributed by atoms with Gasteiger partial charge in [-0.3, -0.25) is 0 Å². The summed E-state index contributed by atoms with van der Waals surface area (Å²) in [5.41, 5.74) is 2.51. The minimum absolute atomic E-state index is 0.336. The van der Waals surface area contributed by atoms with Crippen LogP contribution in [-0.2, 0) is 0 Å². The van der Waals surface area contributed by atoms with Crippen LogP contribution < -0.4 is 0 Å². The molecule has 0 N–H and O–H groups in total. The molecule has 19 heavy (non-hydrogen) atoms. The first-order chi connectivity index (χ1) is 9.11. The van der Waals surface area contributed by atoms with Crippen molar-refractivity contribution in [3.63, 3.8) is 0 Å². The predicted molar refractivity (Wildman–Crippen MR) is 84.2 cm³/mol. The molecule has 0 nitrogen and oxygen atoms in total. The Labute approximate surface area is 125 Å². The molecule has 0 aliphatic carbocycles. The molecule has 2 heteroatoms. The van der Waals surface area contributed by atoms with Gasteiger partial charge < -0.3 is 0 Å². The van der Waals surface area contributed by atoms with E-state index in [-0.39, 0.29) is 0 Å². The standard InChI is InChI=1S/C17H18Cl2/c1-3-12(2)17(13-6-4-8-15(18)10-13)14-7-5-9-16(19)11-14/h4-12,17H,3H2,1-2H3/t12-/m1/s1. The first-order valence-electron chi connectivity index (χ1n) is 6.62. The van der Waals surface area contributed by atoms with Gasteiger partial charge in [-0.15, -0.1) is 0 Å². The van der Waals surface area contributed by atoms with Crippen LogP contribution in [0.2, 0.25) is 10.0 Å². The van der Waals surface area contributed by atoms with Crippen LogP contribution in [0.5, 0.6) is 0 Å². The molecular formula is C17H18Cl2. The fraction of sp³-hybridized carbons (Fsp3) is 0.294. The number of rotatable bonds is 4. The summed E-state index contributed by atoms with van der Waals surface area (Å²) in [4.78, 5) is 0. The normalized spacial score (nSPS) is 12.7. The van der Waals surface area contributed by atoms with E-state index < -0.39 is 0 Å². The highest BCUT2D eigenvalue weighted by Crippen LogP contribution is 2.35. The Morgan fingerprint density at radius 3 is 1.74 bits per heavy atom. The third-order valence-corrected chi connectivity index (χ3v) is 4.10. The molecular weight excluding hydrogens is 275 g/mol. The third kappa shape index (κ3) is 3.52. The van der Waals surface area contributed by atoms with E-state index in [4.69, 9.17) is 23.2 Å². The van der Waals surface area contributed by atoms with Crippen molar-refractivity contribution in [2.24, 2.45) is 5.92 Å². The predicted octanol–water partition coefficient (Wildman–Crippen LogP) is 6.17. The molecule has 1 atom stereocenters. The maximum absolute atomic E-state index is 6.13. The molecule has 0 saturated heterocycles. The van der Waals surface area contributed by atoms with Gasteiger partial charge in [0.1, 0.15) is 0 Å². The lowest BCUT2D eigenvalue weighted by atomic mass is 9.80. The lowest BCUT2D eigenvalue weighted by Gasteiger charge is -2.24. The van der Waals surface area contributed by atoms with Crippen molar-refractivity contribution in [3.8, 4) is 0 Å². The van der Waals surface area contributed by atoms with Gasteiger partial charge in [-0.05, 0) is 41.3 Å². The van der Waals surface area contributed by atoms with Crippen LogP contribution in [0, 0.1) is 5.92 Å². The summed E-state index contributed by atoms with van der Waals surface area (Å²) in [5, 5.41) is 1.57. The monoisotopic (exact) mass is 292 g/mol. The summed E-state index contributed by atoms with van der Waals surface area (Å²) >= 11 is 12.3. The van der Waals surface area contributed by atoms with Crippen LogP contribution in [0.3, 0.4) is 0 Å². The van der Waals surface area contributed by atoms with Crippen molar-refractivity contribution < 1.29 is 0 Å². The minimum atomic E-state index is 0.336. The van der Waals surface area contributed by atoms with Crippen LogP contribution in [0.1, 0.15) is 37.3 Å². The fourth-order valence-corrected chi connectivity index (χ4v) is 2.88. The largest absolute Gasteiger partial charge is 0.0843 e. The van der Waals surface area contributed by atoms with Gasteiger partial charge in [0.2, 0.25) is 0 Å². The van der Waals surface area contributed by atoms with Crippen molar-refractivity contribution in [2.75, 3.05) is 0 Å². The molecule has 0 amide bonds. The third-order valence-electron chi connectivity index (χ3n) is 3.63. The molecule has 100 valence electrons. The number of halogens is 2. The molecule has 0 fully saturated rings. The smallest absolute Gasteiger partial charge is 0.0408 e. The van der Waals surface area contributed by atoms with Gasteiger partial charge in [0.25, 0.3) is 0 Å². The lowest BCUT2D eigenvalue weighted by molar-refractivity contribution is 0.496. The van der Waals surface area contributed by atoms with Gasteiger partial charge >= 0.3 is 0 Å². The molecule has 0 unspecified atom stereocenters.